The van der Waals surface area contributed by atoms with E-state index >= 15 is 0 Å². The number of aryl methyl sites for hydroxylation is 1. The van der Waals surface area contributed by atoms with Crippen molar-refractivity contribution in [2.24, 2.45) is 0 Å². The second-order valence-corrected chi connectivity index (χ2v) is 5.22. The number of hydrogen-bond donors (Lipinski definition) is 1. The molecular formula is C14H21N3O4. The molecule has 1 rings (SSSR count). The Morgan fingerprint density at radius 3 is 2.38 bits per heavy atom. The Labute approximate surface area is 123 Å². The molecule has 21 heavy (non-hydrogen) atoms. The first-order valence-corrected chi connectivity index (χ1v) is 6.68. The van der Waals surface area contributed by atoms with E-state index in [9.17, 15) is 14.4 Å². The minimum absolute atomic E-state index is 0.0441. The third kappa shape index (κ3) is 3.68. The molecule has 1 aromatic heterocycles. The van der Waals surface area contributed by atoms with E-state index in [0.717, 1.165) is 0 Å². The molecule has 1 aromatic rings. The molecule has 0 aromatic carbocycles. The first-order chi connectivity index (χ1) is 9.66. The number of amides is 1. The number of carboxylic acid groups (broad SMARTS) is 1. The Morgan fingerprint density at radius 1 is 1.33 bits per heavy atom. The highest BCUT2D eigenvalue weighted by atomic mass is 16.4. The third-order valence-electron chi connectivity index (χ3n) is 3.48. The van der Waals surface area contributed by atoms with Gasteiger partial charge in [-0.05, 0) is 32.8 Å². The van der Waals surface area contributed by atoms with Gasteiger partial charge in [0.05, 0.1) is 0 Å². The zero-order valence-corrected chi connectivity index (χ0v) is 13.0. The minimum atomic E-state index is -0.913. The van der Waals surface area contributed by atoms with E-state index in [1.807, 2.05) is 0 Å². The van der Waals surface area contributed by atoms with Gasteiger partial charge in [-0.1, -0.05) is 0 Å². The molecule has 0 spiro atoms. The summed E-state index contributed by atoms with van der Waals surface area (Å²) in [6, 6.07) is -0.677. The van der Waals surface area contributed by atoms with Gasteiger partial charge in [0.15, 0.2) is 0 Å². The highest BCUT2D eigenvalue weighted by Gasteiger charge is 2.22. The Hall–Kier alpha value is -2.18. The second-order valence-electron chi connectivity index (χ2n) is 5.22. The van der Waals surface area contributed by atoms with Crippen molar-refractivity contribution < 1.29 is 14.7 Å². The molecule has 0 aliphatic heterocycles. The first-order valence-electron chi connectivity index (χ1n) is 6.68. The third-order valence-corrected chi connectivity index (χ3v) is 3.48. The molecule has 0 radical (unpaired) electrons. The smallest absolute Gasteiger partial charge is 0.348 e. The Bertz CT molecular complexity index is 619. The molecule has 7 nitrogen and oxygen atoms in total. The van der Waals surface area contributed by atoms with E-state index < -0.39 is 17.7 Å². The molecule has 1 N–H and O–H groups in total. The fourth-order valence-corrected chi connectivity index (χ4v) is 2.35. The van der Waals surface area contributed by atoms with Crippen LogP contribution in [0.4, 0.5) is 0 Å². The lowest BCUT2D eigenvalue weighted by atomic mass is 10.1. The summed E-state index contributed by atoms with van der Waals surface area (Å²) >= 11 is 0. The number of aliphatic carboxylic acids is 1. The predicted octanol–water partition coefficient (Wildman–Crippen LogP) is 0.527. The van der Waals surface area contributed by atoms with Crippen molar-refractivity contribution in [1.82, 2.24) is 14.5 Å². The van der Waals surface area contributed by atoms with Gasteiger partial charge in [-0.25, -0.2) is 4.79 Å². The zero-order valence-electron chi connectivity index (χ0n) is 13.0. The molecule has 1 heterocycles. The summed E-state index contributed by atoms with van der Waals surface area (Å²) in [6.07, 6.45) is 0.237. The second kappa shape index (κ2) is 6.51. The number of nitrogens with zero attached hydrogens (tertiary/aromatic N) is 3. The van der Waals surface area contributed by atoms with Gasteiger partial charge in [-0.15, -0.1) is 0 Å². The van der Waals surface area contributed by atoms with E-state index in [2.05, 4.69) is 4.98 Å². The largest absolute Gasteiger partial charge is 0.481 e. The Kier molecular flexibility index (Phi) is 5.23. The van der Waals surface area contributed by atoms with Crippen LogP contribution in [0.2, 0.25) is 0 Å². The van der Waals surface area contributed by atoms with Crippen LogP contribution in [0, 0.1) is 13.8 Å². The number of aromatic nitrogens is 2. The van der Waals surface area contributed by atoms with Crippen LogP contribution < -0.4 is 5.69 Å². The van der Waals surface area contributed by atoms with Crippen molar-refractivity contribution in [2.75, 3.05) is 14.1 Å². The number of carboxylic acids is 1. The van der Waals surface area contributed by atoms with E-state index in [1.165, 1.54) is 9.47 Å². The highest BCUT2D eigenvalue weighted by molar-refractivity contribution is 5.79. The molecular weight excluding hydrogens is 274 g/mol. The molecule has 0 aliphatic carbocycles. The predicted molar refractivity (Wildman–Crippen MR) is 77.3 cm³/mol. The maximum absolute atomic E-state index is 12.1. The summed E-state index contributed by atoms with van der Waals surface area (Å²) in [7, 11) is 3.23. The lowest BCUT2D eigenvalue weighted by molar-refractivity contribution is -0.137. The van der Waals surface area contributed by atoms with E-state index in [0.29, 0.717) is 17.0 Å². The SMILES string of the molecule is Cc1nc(=O)n(C(C)C(=O)N(C)C)c(C)c1CCC(=O)O. The zero-order chi connectivity index (χ0) is 16.3. The van der Waals surface area contributed by atoms with Crippen molar-refractivity contribution in [1.29, 1.82) is 0 Å². The number of likely N-dealkylation sites (N-methyl/N-ethyl adjacent to an activating group) is 1. The monoisotopic (exact) mass is 295 g/mol. The summed E-state index contributed by atoms with van der Waals surface area (Å²) in [4.78, 5) is 40.2. The molecule has 1 amide bonds. The van der Waals surface area contributed by atoms with E-state index in [4.69, 9.17) is 5.11 Å². The molecule has 0 fully saturated rings. The summed E-state index contributed by atoms with van der Waals surface area (Å²) in [5, 5.41) is 8.80. The molecule has 7 heteroatoms. The average Bonchev–Trinajstić information content (AvgIpc) is 2.36. The molecule has 1 unspecified atom stereocenters. The molecule has 0 bridgehead atoms. The van der Waals surface area contributed by atoms with Gasteiger partial charge >= 0.3 is 11.7 Å². The van der Waals surface area contributed by atoms with Crippen LogP contribution >= 0.6 is 0 Å². The van der Waals surface area contributed by atoms with Crippen LogP contribution in [0.25, 0.3) is 0 Å². The molecule has 0 aliphatic rings. The van der Waals surface area contributed by atoms with Crippen LogP contribution in [0.5, 0.6) is 0 Å². The van der Waals surface area contributed by atoms with Crippen molar-refractivity contribution in [3.8, 4) is 0 Å². The number of carbonyl (C=O) groups is 2. The van der Waals surface area contributed by atoms with Gasteiger partial charge in [-0.2, -0.15) is 4.98 Å². The quantitative estimate of drug-likeness (QED) is 0.855. The van der Waals surface area contributed by atoms with Crippen LogP contribution in [0.3, 0.4) is 0 Å². The van der Waals surface area contributed by atoms with E-state index in [1.54, 1.807) is 34.9 Å². The van der Waals surface area contributed by atoms with Crippen molar-refractivity contribution in [3.05, 3.63) is 27.4 Å². The van der Waals surface area contributed by atoms with Crippen LogP contribution in [0.1, 0.15) is 36.3 Å². The fraction of sp³-hybridized carbons (Fsp3) is 0.571. The Balaban J connectivity index is 3.33. The average molecular weight is 295 g/mol. The van der Waals surface area contributed by atoms with Crippen LogP contribution in [-0.4, -0.2) is 45.5 Å². The molecule has 1 atom stereocenters. The van der Waals surface area contributed by atoms with Crippen molar-refractivity contribution in [2.45, 2.75) is 39.7 Å². The summed E-state index contributed by atoms with van der Waals surface area (Å²) < 4.78 is 1.33. The van der Waals surface area contributed by atoms with Gasteiger partial charge in [0.25, 0.3) is 0 Å². The standard InChI is InChI=1S/C14H21N3O4/c1-8-11(6-7-12(18)19)9(2)17(14(21)15-8)10(3)13(20)16(4)5/h10H,6-7H2,1-5H3,(H,18,19). The molecule has 0 saturated carbocycles. The summed E-state index contributed by atoms with van der Waals surface area (Å²) in [5.41, 5.74) is 1.32. The lowest BCUT2D eigenvalue weighted by Crippen LogP contribution is -2.38. The molecule has 0 saturated heterocycles. The van der Waals surface area contributed by atoms with Crippen LogP contribution in [-0.2, 0) is 16.0 Å². The normalized spacial score (nSPS) is 12.0. The highest BCUT2D eigenvalue weighted by Crippen LogP contribution is 2.16. The number of carbonyl (C=O) groups excluding carboxylic acids is 1. The van der Waals surface area contributed by atoms with Gasteiger partial charge in [-0.3, -0.25) is 14.2 Å². The van der Waals surface area contributed by atoms with Crippen molar-refractivity contribution >= 4 is 11.9 Å². The summed E-state index contributed by atoms with van der Waals surface area (Å²) in [6.45, 7) is 5.02. The Morgan fingerprint density at radius 2 is 1.90 bits per heavy atom. The lowest BCUT2D eigenvalue weighted by Gasteiger charge is -2.22. The van der Waals surface area contributed by atoms with Gasteiger partial charge < -0.3 is 10.0 Å². The number of hydrogen-bond acceptors (Lipinski definition) is 4. The fourth-order valence-electron chi connectivity index (χ4n) is 2.35. The summed E-state index contributed by atoms with van der Waals surface area (Å²) in [5.74, 6) is -1.13. The minimum Gasteiger partial charge on any atom is -0.481 e. The van der Waals surface area contributed by atoms with Gasteiger partial charge in [0, 0.05) is 31.9 Å². The topological polar surface area (TPSA) is 92.5 Å². The van der Waals surface area contributed by atoms with Gasteiger partial charge in [0.2, 0.25) is 5.91 Å². The van der Waals surface area contributed by atoms with Crippen LogP contribution in [0.15, 0.2) is 4.79 Å². The molecule has 116 valence electrons. The maximum atomic E-state index is 12.1. The number of rotatable bonds is 5. The maximum Gasteiger partial charge on any atom is 0.348 e. The van der Waals surface area contributed by atoms with Gasteiger partial charge in [0.1, 0.15) is 6.04 Å². The van der Waals surface area contributed by atoms with Crippen molar-refractivity contribution in [3.63, 3.8) is 0 Å². The van der Waals surface area contributed by atoms with E-state index in [-0.39, 0.29) is 18.7 Å². The first kappa shape index (κ1) is 16.9.